The molecular weight excluding hydrogens is 284 g/mol. The smallest absolute Gasteiger partial charge is 0.326 e. The Labute approximate surface area is 122 Å². The number of nitrogens with one attached hydrogen (secondary N) is 2. The second kappa shape index (κ2) is 7.72. The average molecular weight is 301 g/mol. The Hall–Kier alpha value is -1.79. The lowest BCUT2D eigenvalue weighted by atomic mass is 10.2. The van der Waals surface area contributed by atoms with Gasteiger partial charge in [0.15, 0.2) is 0 Å². The predicted octanol–water partition coefficient (Wildman–Crippen LogP) is 2.26. The Morgan fingerprint density at radius 1 is 1.45 bits per heavy atom. The first-order chi connectivity index (χ1) is 9.43. The molecule has 0 aliphatic carbocycles. The van der Waals surface area contributed by atoms with Gasteiger partial charge in [-0.1, -0.05) is 17.7 Å². The number of hydrogen-bond acceptors (Lipinski definition) is 3. The van der Waals surface area contributed by atoms with Gasteiger partial charge in [0.05, 0.1) is 0 Å². The van der Waals surface area contributed by atoms with Gasteiger partial charge in [-0.15, -0.1) is 0 Å². The first-order valence-electron chi connectivity index (χ1n) is 5.99. The second-order valence-electron chi connectivity index (χ2n) is 4.23. The normalized spacial score (nSPS) is 11.8. The van der Waals surface area contributed by atoms with Crippen LogP contribution in [0.4, 0.5) is 10.5 Å². The van der Waals surface area contributed by atoms with E-state index in [-0.39, 0.29) is 13.0 Å². The van der Waals surface area contributed by atoms with E-state index in [1.807, 2.05) is 6.92 Å². The van der Waals surface area contributed by atoms with Crippen molar-refractivity contribution >= 4 is 29.3 Å². The molecule has 0 aliphatic heterocycles. The standard InChI is InChI=1S/C13H17ClN2O4/c1-8-3-4-9(14)7-11(8)16-13(19)15-10(12(17)18)5-6-20-2/h3-4,7,10H,5-6H2,1-2H3,(H,17,18)(H2,15,16,19). The second-order valence-corrected chi connectivity index (χ2v) is 4.67. The summed E-state index contributed by atoms with van der Waals surface area (Å²) in [5, 5.41) is 14.4. The summed E-state index contributed by atoms with van der Waals surface area (Å²) in [5.41, 5.74) is 1.36. The van der Waals surface area contributed by atoms with Crippen molar-refractivity contribution in [3.05, 3.63) is 28.8 Å². The highest BCUT2D eigenvalue weighted by atomic mass is 35.5. The Balaban J connectivity index is 2.65. The summed E-state index contributed by atoms with van der Waals surface area (Å²) in [7, 11) is 1.47. The molecule has 1 aromatic rings. The minimum atomic E-state index is -1.11. The van der Waals surface area contributed by atoms with Crippen LogP contribution in [0.3, 0.4) is 0 Å². The fourth-order valence-corrected chi connectivity index (χ4v) is 1.71. The molecule has 2 amide bonds. The summed E-state index contributed by atoms with van der Waals surface area (Å²) in [6, 6.07) is 3.46. The van der Waals surface area contributed by atoms with Crippen LogP contribution in [0, 0.1) is 6.92 Å². The van der Waals surface area contributed by atoms with Gasteiger partial charge in [-0.05, 0) is 24.6 Å². The summed E-state index contributed by atoms with van der Waals surface area (Å²) in [5.74, 6) is -1.11. The number of benzene rings is 1. The average Bonchev–Trinajstić information content (AvgIpc) is 2.38. The largest absolute Gasteiger partial charge is 0.480 e. The lowest BCUT2D eigenvalue weighted by Gasteiger charge is -2.15. The SMILES string of the molecule is COCCC(NC(=O)Nc1cc(Cl)ccc1C)C(=O)O. The van der Waals surface area contributed by atoms with E-state index in [9.17, 15) is 9.59 Å². The molecule has 0 fully saturated rings. The van der Waals surface area contributed by atoms with E-state index in [4.69, 9.17) is 21.4 Å². The summed E-state index contributed by atoms with van der Waals surface area (Å²) in [4.78, 5) is 22.8. The predicted molar refractivity (Wildman–Crippen MR) is 76.3 cm³/mol. The number of aryl methyl sites for hydroxylation is 1. The van der Waals surface area contributed by atoms with Crippen LogP contribution in [-0.2, 0) is 9.53 Å². The third-order valence-electron chi connectivity index (χ3n) is 2.66. The van der Waals surface area contributed by atoms with Crippen LogP contribution in [0.2, 0.25) is 5.02 Å². The van der Waals surface area contributed by atoms with Gasteiger partial charge in [0.1, 0.15) is 6.04 Å². The number of halogens is 1. The van der Waals surface area contributed by atoms with Gasteiger partial charge in [0.2, 0.25) is 0 Å². The first kappa shape index (κ1) is 16.3. The molecule has 1 rings (SSSR count). The number of urea groups is 1. The van der Waals surface area contributed by atoms with Gasteiger partial charge in [0.25, 0.3) is 0 Å². The number of aliphatic carboxylic acids is 1. The van der Waals surface area contributed by atoms with Crippen LogP contribution in [-0.4, -0.2) is 36.9 Å². The van der Waals surface area contributed by atoms with Crippen molar-refractivity contribution < 1.29 is 19.4 Å². The van der Waals surface area contributed by atoms with Crippen LogP contribution < -0.4 is 10.6 Å². The minimum absolute atomic E-state index is 0.188. The number of carboxylic acids is 1. The zero-order valence-corrected chi connectivity index (χ0v) is 12.0. The Kier molecular flexibility index (Phi) is 6.27. The quantitative estimate of drug-likeness (QED) is 0.752. The number of carbonyl (C=O) groups is 2. The van der Waals surface area contributed by atoms with Crippen LogP contribution in [0.5, 0.6) is 0 Å². The zero-order valence-electron chi connectivity index (χ0n) is 11.3. The molecule has 0 spiro atoms. The van der Waals surface area contributed by atoms with E-state index in [2.05, 4.69) is 10.6 Å². The highest BCUT2D eigenvalue weighted by Gasteiger charge is 2.19. The number of carboxylic acid groups (broad SMARTS) is 1. The molecule has 110 valence electrons. The number of amides is 2. The van der Waals surface area contributed by atoms with Crippen molar-refractivity contribution in [1.82, 2.24) is 5.32 Å². The molecule has 1 unspecified atom stereocenters. The summed E-state index contributed by atoms with van der Waals surface area (Å²) < 4.78 is 4.80. The minimum Gasteiger partial charge on any atom is -0.480 e. The fraction of sp³-hybridized carbons (Fsp3) is 0.385. The van der Waals surface area contributed by atoms with Crippen molar-refractivity contribution in [2.45, 2.75) is 19.4 Å². The molecule has 0 heterocycles. The number of hydrogen-bond donors (Lipinski definition) is 3. The maximum Gasteiger partial charge on any atom is 0.326 e. The summed E-state index contributed by atoms with van der Waals surface area (Å²) >= 11 is 5.84. The van der Waals surface area contributed by atoms with Gasteiger partial charge >= 0.3 is 12.0 Å². The molecule has 1 atom stereocenters. The highest BCUT2D eigenvalue weighted by Crippen LogP contribution is 2.19. The van der Waals surface area contributed by atoms with E-state index in [0.29, 0.717) is 10.7 Å². The lowest BCUT2D eigenvalue weighted by Crippen LogP contribution is -2.43. The molecule has 0 saturated carbocycles. The number of rotatable bonds is 6. The lowest BCUT2D eigenvalue weighted by molar-refractivity contribution is -0.139. The number of ether oxygens (including phenoxy) is 1. The maximum absolute atomic E-state index is 11.8. The third-order valence-corrected chi connectivity index (χ3v) is 2.90. The summed E-state index contributed by atoms with van der Waals surface area (Å²) in [6.45, 7) is 2.05. The molecule has 0 bridgehead atoms. The Morgan fingerprint density at radius 2 is 2.15 bits per heavy atom. The third kappa shape index (κ3) is 5.07. The van der Waals surface area contributed by atoms with E-state index in [1.54, 1.807) is 18.2 Å². The van der Waals surface area contributed by atoms with Crippen molar-refractivity contribution in [3.8, 4) is 0 Å². The molecule has 20 heavy (non-hydrogen) atoms. The van der Waals surface area contributed by atoms with Crippen molar-refractivity contribution in [2.24, 2.45) is 0 Å². The number of methoxy groups -OCH3 is 1. The van der Waals surface area contributed by atoms with Crippen LogP contribution >= 0.6 is 11.6 Å². The van der Waals surface area contributed by atoms with E-state index in [0.717, 1.165) is 5.56 Å². The molecule has 0 saturated heterocycles. The molecule has 1 aromatic carbocycles. The number of carbonyl (C=O) groups excluding carboxylic acids is 1. The van der Waals surface area contributed by atoms with Gasteiger partial charge < -0.3 is 20.5 Å². The maximum atomic E-state index is 11.8. The first-order valence-corrected chi connectivity index (χ1v) is 6.37. The van der Waals surface area contributed by atoms with Crippen LogP contribution in [0.15, 0.2) is 18.2 Å². The van der Waals surface area contributed by atoms with Gasteiger partial charge in [0, 0.05) is 30.8 Å². The topological polar surface area (TPSA) is 87.7 Å². The monoisotopic (exact) mass is 300 g/mol. The fourth-order valence-electron chi connectivity index (χ4n) is 1.54. The summed E-state index contributed by atoms with van der Waals surface area (Å²) in [6.07, 6.45) is 0.188. The molecule has 3 N–H and O–H groups in total. The zero-order chi connectivity index (χ0) is 15.1. The molecule has 0 aliphatic rings. The molecule has 0 radical (unpaired) electrons. The van der Waals surface area contributed by atoms with Gasteiger partial charge in [-0.3, -0.25) is 0 Å². The molecular formula is C13H17ClN2O4. The van der Waals surface area contributed by atoms with Crippen molar-refractivity contribution in [2.75, 3.05) is 19.0 Å². The van der Waals surface area contributed by atoms with Gasteiger partial charge in [-0.25, -0.2) is 9.59 Å². The number of anilines is 1. The van der Waals surface area contributed by atoms with E-state index >= 15 is 0 Å². The van der Waals surface area contributed by atoms with Crippen LogP contribution in [0.25, 0.3) is 0 Å². The highest BCUT2D eigenvalue weighted by molar-refractivity contribution is 6.31. The molecule has 0 aromatic heterocycles. The van der Waals surface area contributed by atoms with Crippen molar-refractivity contribution in [1.29, 1.82) is 0 Å². The van der Waals surface area contributed by atoms with E-state index < -0.39 is 18.0 Å². The van der Waals surface area contributed by atoms with Crippen molar-refractivity contribution in [3.63, 3.8) is 0 Å². The van der Waals surface area contributed by atoms with Gasteiger partial charge in [-0.2, -0.15) is 0 Å². The Morgan fingerprint density at radius 3 is 2.75 bits per heavy atom. The van der Waals surface area contributed by atoms with E-state index in [1.165, 1.54) is 7.11 Å². The molecule has 7 heteroatoms. The Bertz CT molecular complexity index is 493. The molecule has 6 nitrogen and oxygen atoms in total. The van der Waals surface area contributed by atoms with Crippen LogP contribution in [0.1, 0.15) is 12.0 Å².